The van der Waals surface area contributed by atoms with E-state index in [-0.39, 0.29) is 25.7 Å². The Balaban J connectivity index is 4.34. The van der Waals surface area contributed by atoms with Crippen LogP contribution in [0.5, 0.6) is 0 Å². The van der Waals surface area contributed by atoms with Crippen LogP contribution in [0.25, 0.3) is 0 Å². The van der Waals surface area contributed by atoms with Gasteiger partial charge in [0.2, 0.25) is 5.91 Å². The van der Waals surface area contributed by atoms with Crippen molar-refractivity contribution in [2.24, 2.45) is 5.73 Å². The summed E-state index contributed by atoms with van der Waals surface area (Å²) in [5.41, 5.74) is 5.35. The predicted molar refractivity (Wildman–Crippen MR) is 212 cm³/mol. The quantitative estimate of drug-likeness (QED) is 0.0291. The first kappa shape index (κ1) is 47.9. The molecule has 5 N–H and O–H groups in total. The summed E-state index contributed by atoms with van der Waals surface area (Å²) < 4.78 is 22.0. The monoisotopic (exact) mass is 721 g/mol. The lowest BCUT2D eigenvalue weighted by molar-refractivity contribution is -0.123. The minimum Gasteiger partial charge on any atom is -0.387 e. The summed E-state index contributed by atoms with van der Waals surface area (Å²) in [5.74, 6) is -0.223. The van der Waals surface area contributed by atoms with E-state index < -0.39 is 20.0 Å². The molecule has 3 atom stereocenters. The number of aliphatic hydroxyl groups excluding tert-OH is 1. The standard InChI is InChI=1S/C41H73N2O6P/c1-3-5-7-9-11-13-15-17-18-19-20-21-22-23-25-27-29-31-33-35-41(45)43-39(38-49-50(46,47)48-37-36-42)40(44)34-32-30-28-26-24-16-14-12-10-8-6-4-2/h5,7,11,13,17-18,20-21,24,26,32,34,39-40,44H,3-4,6,8-10,12,14-16,19,22-23,25,27-31,33,35-38,42H2,1-2H3,(H,43,45)(H,46,47)/b7-5-,13-11-,18-17-,21-20-,26-24+,34-32+. The van der Waals surface area contributed by atoms with E-state index in [1.807, 2.05) is 6.08 Å². The van der Waals surface area contributed by atoms with Gasteiger partial charge in [-0.05, 0) is 70.6 Å². The zero-order valence-electron chi connectivity index (χ0n) is 31.6. The Morgan fingerprint density at radius 2 is 1.18 bits per heavy atom. The molecule has 0 radical (unpaired) electrons. The highest BCUT2D eigenvalue weighted by atomic mass is 31.2. The second-order valence-electron chi connectivity index (χ2n) is 12.7. The number of nitrogens with two attached hydrogens (primary N) is 1. The van der Waals surface area contributed by atoms with Crippen molar-refractivity contribution < 1.29 is 28.4 Å². The molecule has 0 spiro atoms. The number of unbranched alkanes of at least 4 members (excludes halogenated alkanes) is 13. The smallest absolute Gasteiger partial charge is 0.387 e. The molecule has 0 fully saturated rings. The first-order valence-corrected chi connectivity index (χ1v) is 21.1. The fourth-order valence-corrected chi connectivity index (χ4v) is 5.84. The Morgan fingerprint density at radius 1 is 0.680 bits per heavy atom. The van der Waals surface area contributed by atoms with E-state index in [1.165, 1.54) is 51.4 Å². The van der Waals surface area contributed by atoms with Crippen LogP contribution in [-0.4, -0.2) is 47.8 Å². The van der Waals surface area contributed by atoms with Gasteiger partial charge < -0.3 is 21.1 Å². The molecule has 0 aromatic carbocycles. The molecule has 9 heteroatoms. The van der Waals surface area contributed by atoms with Crippen molar-refractivity contribution >= 4 is 13.7 Å². The van der Waals surface area contributed by atoms with E-state index in [1.54, 1.807) is 6.08 Å². The summed E-state index contributed by atoms with van der Waals surface area (Å²) >= 11 is 0. The number of phosphoric ester groups is 1. The van der Waals surface area contributed by atoms with Gasteiger partial charge in [0.15, 0.2) is 0 Å². The number of carbonyl (C=O) groups is 1. The highest BCUT2D eigenvalue weighted by Crippen LogP contribution is 2.43. The molecule has 0 saturated carbocycles. The molecule has 1 amide bonds. The van der Waals surface area contributed by atoms with Crippen LogP contribution in [0.3, 0.4) is 0 Å². The van der Waals surface area contributed by atoms with Crippen LogP contribution in [0, 0.1) is 0 Å². The molecule has 0 bridgehead atoms. The molecule has 0 aromatic rings. The van der Waals surface area contributed by atoms with E-state index in [4.69, 9.17) is 14.8 Å². The summed E-state index contributed by atoms with van der Waals surface area (Å²) in [6.07, 6.45) is 46.6. The summed E-state index contributed by atoms with van der Waals surface area (Å²) in [7, 11) is -4.35. The summed E-state index contributed by atoms with van der Waals surface area (Å²) in [5, 5.41) is 13.6. The first-order valence-electron chi connectivity index (χ1n) is 19.6. The van der Waals surface area contributed by atoms with Crippen LogP contribution in [-0.2, 0) is 18.4 Å². The van der Waals surface area contributed by atoms with Crippen LogP contribution in [0.2, 0.25) is 0 Å². The Morgan fingerprint density at radius 3 is 1.78 bits per heavy atom. The lowest BCUT2D eigenvalue weighted by Crippen LogP contribution is -2.45. The largest absolute Gasteiger partial charge is 0.472 e. The molecular formula is C41H73N2O6P. The molecule has 8 nitrogen and oxygen atoms in total. The second-order valence-corrected chi connectivity index (χ2v) is 14.2. The van der Waals surface area contributed by atoms with Gasteiger partial charge in [-0.25, -0.2) is 4.57 Å². The molecular weight excluding hydrogens is 647 g/mol. The van der Waals surface area contributed by atoms with Gasteiger partial charge in [0.1, 0.15) is 0 Å². The highest BCUT2D eigenvalue weighted by molar-refractivity contribution is 7.47. The molecule has 0 aliphatic rings. The molecule has 0 aromatic heterocycles. The SMILES string of the molecule is CC/C=C\C/C=C\C/C=C\C/C=C\CCCCCCCCC(=O)NC(COP(=O)(O)OCCN)C(O)/C=C/CC/C=C/CCCCCCCC. The van der Waals surface area contributed by atoms with E-state index in [9.17, 15) is 19.4 Å². The maximum absolute atomic E-state index is 12.7. The van der Waals surface area contributed by atoms with Crippen LogP contribution in [0.4, 0.5) is 0 Å². The van der Waals surface area contributed by atoms with Gasteiger partial charge in [0.25, 0.3) is 0 Å². The van der Waals surface area contributed by atoms with Gasteiger partial charge >= 0.3 is 7.82 Å². The van der Waals surface area contributed by atoms with E-state index in [2.05, 4.69) is 79.9 Å². The normalized spacial score (nSPS) is 15.1. The third kappa shape index (κ3) is 34.4. The fraction of sp³-hybridized carbons (Fsp3) is 0.683. The Labute approximate surface area is 306 Å². The Hall–Kier alpha value is -2.06. The lowest BCUT2D eigenvalue weighted by atomic mass is 10.1. The van der Waals surface area contributed by atoms with Crippen molar-refractivity contribution in [1.82, 2.24) is 5.32 Å². The number of hydrogen-bond acceptors (Lipinski definition) is 6. The third-order valence-electron chi connectivity index (χ3n) is 8.02. The van der Waals surface area contributed by atoms with Crippen molar-refractivity contribution in [3.05, 3.63) is 72.9 Å². The van der Waals surface area contributed by atoms with Crippen molar-refractivity contribution in [2.75, 3.05) is 19.8 Å². The van der Waals surface area contributed by atoms with Gasteiger partial charge in [-0.15, -0.1) is 0 Å². The first-order chi connectivity index (χ1) is 24.4. The predicted octanol–water partition coefficient (Wildman–Crippen LogP) is 10.5. The molecule has 50 heavy (non-hydrogen) atoms. The maximum atomic E-state index is 12.7. The van der Waals surface area contributed by atoms with Gasteiger partial charge in [0.05, 0.1) is 25.4 Å². The van der Waals surface area contributed by atoms with Crippen LogP contribution in [0.15, 0.2) is 72.9 Å². The van der Waals surface area contributed by atoms with E-state index >= 15 is 0 Å². The number of allylic oxidation sites excluding steroid dienone is 11. The molecule has 0 aliphatic carbocycles. The molecule has 0 aliphatic heterocycles. The zero-order chi connectivity index (χ0) is 36.8. The van der Waals surface area contributed by atoms with Gasteiger partial charge in [0, 0.05) is 13.0 Å². The van der Waals surface area contributed by atoms with E-state index in [0.29, 0.717) is 6.42 Å². The summed E-state index contributed by atoms with van der Waals surface area (Å²) in [6, 6.07) is -0.887. The second kappa shape index (κ2) is 36.7. The number of carbonyl (C=O) groups excluding carboxylic acids is 1. The van der Waals surface area contributed by atoms with Gasteiger partial charge in [-0.1, -0.05) is 145 Å². The average Bonchev–Trinajstić information content (AvgIpc) is 3.10. The van der Waals surface area contributed by atoms with Gasteiger partial charge in [-0.2, -0.15) is 0 Å². The number of nitrogens with one attached hydrogen (secondary N) is 1. The summed E-state index contributed by atoms with van der Waals surface area (Å²) in [4.78, 5) is 22.6. The number of rotatable bonds is 35. The molecule has 288 valence electrons. The minimum absolute atomic E-state index is 0.0676. The van der Waals surface area contributed by atoms with Crippen molar-refractivity contribution in [3.63, 3.8) is 0 Å². The number of amides is 1. The number of phosphoric acid groups is 1. The highest BCUT2D eigenvalue weighted by Gasteiger charge is 2.26. The number of aliphatic hydroxyl groups is 1. The zero-order valence-corrected chi connectivity index (χ0v) is 32.5. The van der Waals surface area contributed by atoms with Crippen molar-refractivity contribution in [1.29, 1.82) is 0 Å². The van der Waals surface area contributed by atoms with Gasteiger partial charge in [-0.3, -0.25) is 13.8 Å². The third-order valence-corrected chi connectivity index (χ3v) is 9.00. The lowest BCUT2D eigenvalue weighted by Gasteiger charge is -2.23. The van der Waals surface area contributed by atoms with Crippen LogP contribution >= 0.6 is 7.82 Å². The summed E-state index contributed by atoms with van der Waals surface area (Å²) in [6.45, 7) is 3.94. The maximum Gasteiger partial charge on any atom is 0.472 e. The topological polar surface area (TPSA) is 131 Å². The Kier molecular flexibility index (Phi) is 35.2. The van der Waals surface area contributed by atoms with Crippen LogP contribution < -0.4 is 11.1 Å². The average molecular weight is 721 g/mol. The molecule has 0 saturated heterocycles. The Bertz CT molecular complexity index is 1010. The minimum atomic E-state index is -4.35. The fourth-order valence-electron chi connectivity index (χ4n) is 5.08. The number of hydrogen-bond donors (Lipinski definition) is 4. The van der Waals surface area contributed by atoms with Crippen LogP contribution in [0.1, 0.15) is 149 Å². The molecule has 0 heterocycles. The van der Waals surface area contributed by atoms with E-state index in [0.717, 1.165) is 77.0 Å². The van der Waals surface area contributed by atoms with Crippen molar-refractivity contribution in [2.45, 2.75) is 161 Å². The molecule has 0 rings (SSSR count). The van der Waals surface area contributed by atoms with Crippen molar-refractivity contribution in [3.8, 4) is 0 Å². The molecule has 3 unspecified atom stereocenters.